The molecule has 0 spiro atoms. The maximum Gasteiger partial charge on any atom is 0.243 e. The number of fused-ring (bicyclic) bond motifs is 1. The van der Waals surface area contributed by atoms with E-state index in [4.69, 9.17) is 21.1 Å². The van der Waals surface area contributed by atoms with Crippen LogP contribution in [0.2, 0.25) is 5.02 Å². The van der Waals surface area contributed by atoms with Crippen LogP contribution in [0.5, 0.6) is 11.5 Å². The van der Waals surface area contributed by atoms with Crippen LogP contribution in [0.25, 0.3) is 0 Å². The van der Waals surface area contributed by atoms with E-state index in [1.807, 2.05) is 24.3 Å². The third-order valence-electron chi connectivity index (χ3n) is 4.41. The van der Waals surface area contributed by atoms with Gasteiger partial charge in [0.1, 0.15) is 0 Å². The lowest BCUT2D eigenvalue weighted by atomic mass is 10.2. The molecule has 132 valence electrons. The molecule has 0 radical (unpaired) electrons. The maximum absolute atomic E-state index is 12.9. The first-order valence-corrected chi connectivity index (χ1v) is 9.76. The minimum atomic E-state index is -3.55. The second kappa shape index (κ2) is 6.40. The molecule has 0 bridgehead atoms. The van der Waals surface area contributed by atoms with Crippen LogP contribution >= 0.6 is 11.6 Å². The van der Waals surface area contributed by atoms with Crippen LogP contribution in [0.4, 0.5) is 5.69 Å². The zero-order valence-corrected chi connectivity index (χ0v) is 15.0. The summed E-state index contributed by atoms with van der Waals surface area (Å²) in [4.78, 5) is 2.39. The molecule has 0 unspecified atom stereocenters. The van der Waals surface area contributed by atoms with Crippen LogP contribution in [0.15, 0.2) is 47.4 Å². The van der Waals surface area contributed by atoms with Gasteiger partial charge in [0.25, 0.3) is 0 Å². The molecule has 2 aromatic carbocycles. The molecule has 0 atom stereocenters. The van der Waals surface area contributed by atoms with Crippen LogP contribution in [-0.4, -0.2) is 45.7 Å². The van der Waals surface area contributed by atoms with Crippen molar-refractivity contribution in [3.63, 3.8) is 0 Å². The highest BCUT2D eigenvalue weighted by molar-refractivity contribution is 7.89. The molecule has 25 heavy (non-hydrogen) atoms. The van der Waals surface area contributed by atoms with Crippen LogP contribution in [0.3, 0.4) is 0 Å². The fraction of sp³-hybridized carbons (Fsp3) is 0.294. The van der Waals surface area contributed by atoms with Gasteiger partial charge in [0, 0.05) is 43.0 Å². The summed E-state index contributed by atoms with van der Waals surface area (Å²) < 4.78 is 37.8. The predicted octanol–water partition coefficient (Wildman–Crippen LogP) is 2.58. The molecular formula is C17H17ClN2O4S. The smallest absolute Gasteiger partial charge is 0.243 e. The van der Waals surface area contributed by atoms with Gasteiger partial charge in [-0.3, -0.25) is 0 Å². The van der Waals surface area contributed by atoms with E-state index in [1.165, 1.54) is 10.4 Å². The monoisotopic (exact) mass is 380 g/mol. The summed E-state index contributed by atoms with van der Waals surface area (Å²) in [5, 5.41) is 0.688. The van der Waals surface area contributed by atoms with E-state index in [9.17, 15) is 8.42 Å². The zero-order chi connectivity index (χ0) is 17.4. The Balaban J connectivity index is 1.48. The van der Waals surface area contributed by atoms with E-state index in [0.29, 0.717) is 42.7 Å². The second-order valence-corrected chi connectivity index (χ2v) is 8.26. The highest BCUT2D eigenvalue weighted by atomic mass is 35.5. The van der Waals surface area contributed by atoms with Gasteiger partial charge in [-0.05, 0) is 36.4 Å². The number of piperazine rings is 1. The second-order valence-electron chi connectivity index (χ2n) is 5.88. The third kappa shape index (κ3) is 3.15. The number of rotatable bonds is 3. The summed E-state index contributed by atoms with van der Waals surface area (Å²) >= 11 is 5.92. The molecule has 8 heteroatoms. The number of anilines is 1. The summed E-state index contributed by atoms with van der Waals surface area (Å²) in [5.74, 6) is 1.05. The number of ether oxygens (including phenoxy) is 2. The van der Waals surface area contributed by atoms with Crippen molar-refractivity contribution in [2.45, 2.75) is 4.90 Å². The molecule has 6 nitrogen and oxygen atoms in total. The Kier molecular flexibility index (Phi) is 4.23. The summed E-state index contributed by atoms with van der Waals surface area (Å²) in [6, 6.07) is 12.3. The third-order valence-corrected chi connectivity index (χ3v) is 6.56. The summed E-state index contributed by atoms with van der Waals surface area (Å²) in [5.41, 5.74) is 1.05. The SMILES string of the molecule is O=S(=O)(c1ccc2c(c1)OCO2)N1CCN(c2ccc(Cl)cc2)CC1. The highest BCUT2D eigenvalue weighted by Crippen LogP contribution is 2.34. The average molecular weight is 381 g/mol. The van der Waals surface area contributed by atoms with Crippen molar-refractivity contribution in [3.05, 3.63) is 47.5 Å². The molecule has 1 fully saturated rings. The first-order chi connectivity index (χ1) is 12.0. The van der Waals surface area contributed by atoms with Gasteiger partial charge < -0.3 is 14.4 Å². The van der Waals surface area contributed by atoms with Crippen molar-refractivity contribution in [1.29, 1.82) is 0 Å². The Hall–Kier alpha value is -1.96. The van der Waals surface area contributed by atoms with Gasteiger partial charge in [-0.25, -0.2) is 8.42 Å². The number of hydrogen-bond donors (Lipinski definition) is 0. The summed E-state index contributed by atoms with van der Waals surface area (Å²) in [6.07, 6.45) is 0. The molecule has 2 aromatic rings. The van der Waals surface area contributed by atoms with Gasteiger partial charge in [0.15, 0.2) is 11.5 Å². The quantitative estimate of drug-likeness (QED) is 0.819. The van der Waals surface area contributed by atoms with Crippen LogP contribution < -0.4 is 14.4 Å². The van der Waals surface area contributed by atoms with E-state index in [0.717, 1.165) is 5.69 Å². The average Bonchev–Trinajstić information content (AvgIpc) is 3.10. The van der Waals surface area contributed by atoms with Crippen molar-refractivity contribution in [1.82, 2.24) is 4.31 Å². The molecule has 2 aliphatic heterocycles. The Morgan fingerprint density at radius 2 is 1.56 bits per heavy atom. The number of nitrogens with zero attached hydrogens (tertiary/aromatic N) is 2. The van der Waals surface area contributed by atoms with Gasteiger partial charge in [0.2, 0.25) is 16.8 Å². The Morgan fingerprint density at radius 1 is 0.880 bits per heavy atom. The Bertz CT molecular complexity index is 878. The lowest BCUT2D eigenvalue weighted by Crippen LogP contribution is -2.48. The van der Waals surface area contributed by atoms with E-state index in [-0.39, 0.29) is 11.7 Å². The zero-order valence-electron chi connectivity index (χ0n) is 13.4. The molecule has 0 N–H and O–H groups in total. The molecule has 2 aliphatic rings. The maximum atomic E-state index is 12.9. The van der Waals surface area contributed by atoms with Gasteiger partial charge in [-0.15, -0.1) is 0 Å². The van der Waals surface area contributed by atoms with Crippen LogP contribution in [0, 0.1) is 0 Å². The molecular weight excluding hydrogens is 364 g/mol. The lowest BCUT2D eigenvalue weighted by molar-refractivity contribution is 0.174. The van der Waals surface area contributed by atoms with E-state index < -0.39 is 10.0 Å². The van der Waals surface area contributed by atoms with Gasteiger partial charge in [-0.1, -0.05) is 11.6 Å². The number of hydrogen-bond acceptors (Lipinski definition) is 5. The molecule has 0 amide bonds. The normalized spacial score (nSPS) is 17.7. The Morgan fingerprint density at radius 3 is 2.28 bits per heavy atom. The lowest BCUT2D eigenvalue weighted by Gasteiger charge is -2.35. The van der Waals surface area contributed by atoms with E-state index >= 15 is 0 Å². The fourth-order valence-electron chi connectivity index (χ4n) is 3.02. The molecule has 4 rings (SSSR count). The first kappa shape index (κ1) is 16.5. The molecule has 0 aliphatic carbocycles. The standard InChI is InChI=1S/C17H17ClN2O4S/c18-13-1-3-14(4-2-13)19-7-9-20(10-8-19)25(21,22)15-5-6-16-17(11-15)24-12-23-16/h1-6,11H,7-10,12H2. The van der Waals surface area contributed by atoms with Crippen molar-refractivity contribution in [3.8, 4) is 11.5 Å². The molecule has 0 saturated carbocycles. The van der Waals surface area contributed by atoms with Gasteiger partial charge in [-0.2, -0.15) is 4.31 Å². The largest absolute Gasteiger partial charge is 0.454 e. The minimum absolute atomic E-state index is 0.124. The summed E-state index contributed by atoms with van der Waals surface area (Å²) in [7, 11) is -3.55. The number of halogens is 1. The van der Waals surface area contributed by atoms with Crippen molar-refractivity contribution >= 4 is 27.3 Å². The molecule has 1 saturated heterocycles. The number of sulfonamides is 1. The topological polar surface area (TPSA) is 59.1 Å². The van der Waals surface area contributed by atoms with Crippen LogP contribution in [-0.2, 0) is 10.0 Å². The Labute approximate surface area is 151 Å². The predicted molar refractivity (Wildman–Crippen MR) is 95.0 cm³/mol. The summed E-state index contributed by atoms with van der Waals surface area (Å²) in [6.45, 7) is 2.24. The van der Waals surface area contributed by atoms with Crippen molar-refractivity contribution in [2.75, 3.05) is 37.9 Å². The fourth-order valence-corrected chi connectivity index (χ4v) is 4.59. The highest BCUT2D eigenvalue weighted by Gasteiger charge is 2.30. The van der Waals surface area contributed by atoms with Crippen molar-refractivity contribution < 1.29 is 17.9 Å². The molecule has 2 heterocycles. The van der Waals surface area contributed by atoms with Gasteiger partial charge in [0.05, 0.1) is 4.90 Å². The number of benzene rings is 2. The van der Waals surface area contributed by atoms with Crippen molar-refractivity contribution in [2.24, 2.45) is 0 Å². The van der Waals surface area contributed by atoms with E-state index in [1.54, 1.807) is 12.1 Å². The minimum Gasteiger partial charge on any atom is -0.454 e. The van der Waals surface area contributed by atoms with Crippen LogP contribution in [0.1, 0.15) is 0 Å². The van der Waals surface area contributed by atoms with Gasteiger partial charge >= 0.3 is 0 Å². The molecule has 0 aromatic heterocycles. The first-order valence-electron chi connectivity index (χ1n) is 7.94. The van der Waals surface area contributed by atoms with E-state index in [2.05, 4.69) is 4.90 Å².